The van der Waals surface area contributed by atoms with Crippen LogP contribution in [0.4, 0.5) is 23.1 Å². The summed E-state index contributed by atoms with van der Waals surface area (Å²) < 4.78 is 5.76. The second-order valence-corrected chi connectivity index (χ2v) is 19.4. The topological polar surface area (TPSA) is 185 Å². The van der Waals surface area contributed by atoms with Crippen molar-refractivity contribution in [1.29, 1.82) is 0 Å². The minimum atomic E-state index is -0.635. The van der Waals surface area contributed by atoms with E-state index in [1.165, 1.54) is 0 Å². The first-order chi connectivity index (χ1) is 33.6. The molecule has 6 aliphatic rings. The number of hydrogen-bond donors (Lipinski definition) is 4. The fraction of sp³-hybridized carbons (Fsp3) is 0.558. The van der Waals surface area contributed by atoms with E-state index in [1.54, 1.807) is 42.3 Å². The van der Waals surface area contributed by atoms with E-state index < -0.39 is 11.9 Å². The summed E-state index contributed by atoms with van der Waals surface area (Å²) in [6, 6.07) is 11.0. The van der Waals surface area contributed by atoms with Crippen molar-refractivity contribution >= 4 is 52.7 Å². The third-order valence-corrected chi connectivity index (χ3v) is 15.1. The molecule has 1 aromatic heterocycles. The first kappa shape index (κ1) is 48.0. The number of imide groups is 1. The lowest BCUT2D eigenvalue weighted by atomic mass is 9.89. The molecule has 4 N–H and O–H groups in total. The van der Waals surface area contributed by atoms with E-state index in [-0.39, 0.29) is 48.2 Å². The van der Waals surface area contributed by atoms with Gasteiger partial charge >= 0.3 is 0 Å². The summed E-state index contributed by atoms with van der Waals surface area (Å²) in [5.74, 6) is 7.30. The minimum absolute atomic E-state index is 0.0775. The van der Waals surface area contributed by atoms with Gasteiger partial charge in [0.15, 0.2) is 5.82 Å². The summed E-state index contributed by atoms with van der Waals surface area (Å²) in [5, 5.41) is 12.5. The number of ether oxygens (including phenoxy) is 1. The molecule has 69 heavy (non-hydrogen) atoms. The predicted molar refractivity (Wildman–Crippen MR) is 264 cm³/mol. The van der Waals surface area contributed by atoms with Crippen molar-refractivity contribution in [3.8, 4) is 17.6 Å². The number of rotatable bonds is 15. The molecule has 3 aromatic rings. The number of nitrogens with one attached hydrogen (secondary N) is 4. The van der Waals surface area contributed by atoms with Crippen molar-refractivity contribution in [1.82, 2.24) is 40.6 Å². The molecule has 9 rings (SSSR count). The van der Waals surface area contributed by atoms with Crippen molar-refractivity contribution in [2.75, 3.05) is 75.1 Å². The molecule has 17 heteroatoms. The number of methoxy groups -OCH3 is 1. The molecule has 17 nitrogen and oxygen atoms in total. The van der Waals surface area contributed by atoms with Crippen molar-refractivity contribution in [2.45, 2.75) is 127 Å². The highest BCUT2D eigenvalue weighted by molar-refractivity contribution is 6.06. The van der Waals surface area contributed by atoms with E-state index in [4.69, 9.17) is 9.72 Å². The predicted octanol–water partition coefficient (Wildman–Crippen LogP) is 4.57. The van der Waals surface area contributed by atoms with Gasteiger partial charge in [0.05, 0.1) is 19.0 Å². The number of carbonyl (C=O) groups excluding carboxylic acids is 5. The van der Waals surface area contributed by atoms with Crippen LogP contribution in [0.5, 0.6) is 5.75 Å². The van der Waals surface area contributed by atoms with Gasteiger partial charge in [-0.3, -0.25) is 34.2 Å². The van der Waals surface area contributed by atoms with Crippen molar-refractivity contribution in [3.05, 3.63) is 64.8 Å². The Labute approximate surface area is 405 Å². The molecular weight excluding hydrogens is 875 g/mol. The Morgan fingerprint density at radius 3 is 2.49 bits per heavy atom. The molecule has 2 saturated heterocycles. The maximum atomic E-state index is 13.5. The molecule has 0 radical (unpaired) electrons. The summed E-state index contributed by atoms with van der Waals surface area (Å²) in [7, 11) is 3.39. The number of piperazine rings is 1. The van der Waals surface area contributed by atoms with Crippen LogP contribution in [0.25, 0.3) is 0 Å². The third-order valence-electron chi connectivity index (χ3n) is 15.1. The first-order valence-corrected chi connectivity index (χ1v) is 25.2. The van der Waals surface area contributed by atoms with E-state index in [0.29, 0.717) is 66.0 Å². The van der Waals surface area contributed by atoms with E-state index in [1.807, 2.05) is 24.3 Å². The molecule has 5 heterocycles. The molecule has 5 amide bonds. The van der Waals surface area contributed by atoms with Crippen molar-refractivity contribution in [3.63, 3.8) is 0 Å². The fourth-order valence-electron chi connectivity index (χ4n) is 11.3. The quantitative estimate of drug-likeness (QED) is 0.0945. The number of amides is 5. The van der Waals surface area contributed by atoms with Gasteiger partial charge in [-0.15, -0.1) is 0 Å². The molecule has 4 fully saturated rings. The Kier molecular flexibility index (Phi) is 15.1. The van der Waals surface area contributed by atoms with Crippen LogP contribution in [0.3, 0.4) is 0 Å². The second kappa shape index (κ2) is 21.7. The summed E-state index contributed by atoms with van der Waals surface area (Å²) in [5.41, 5.74) is 4.15. The Morgan fingerprint density at radius 2 is 1.74 bits per heavy atom. The van der Waals surface area contributed by atoms with Crippen LogP contribution in [0, 0.1) is 11.8 Å². The number of hydrogen-bond acceptors (Lipinski definition) is 13. The number of likely N-dealkylation sites (N-methyl/N-ethyl adjacent to an activating group) is 1. The summed E-state index contributed by atoms with van der Waals surface area (Å²) in [6.45, 7) is 9.41. The van der Waals surface area contributed by atoms with E-state index in [2.05, 4.69) is 59.7 Å². The lowest BCUT2D eigenvalue weighted by molar-refractivity contribution is -0.137. The van der Waals surface area contributed by atoms with Gasteiger partial charge in [-0.2, -0.15) is 4.98 Å². The van der Waals surface area contributed by atoms with Crippen LogP contribution in [0.1, 0.15) is 122 Å². The largest absolute Gasteiger partial charge is 0.495 e. The SMILES string of the molecule is CC[C@@H]1C(=O)N(C)c2cnc(Nc3ccc(C(=O)NC4CCC(N5CCN(CCCNCCC#Cc6cccc7c6CN([C@H]6CCC(=O)NC6=O)C7=O)CC5)CC4)cc3OC)nc2N1C1CCCC1. The number of benzene rings is 2. The van der Waals surface area contributed by atoms with Crippen LogP contribution >= 0.6 is 0 Å². The van der Waals surface area contributed by atoms with Gasteiger partial charge in [0.1, 0.15) is 23.5 Å². The zero-order valence-electron chi connectivity index (χ0n) is 40.4. The average molecular weight is 942 g/mol. The van der Waals surface area contributed by atoms with Crippen molar-refractivity contribution in [2.24, 2.45) is 0 Å². The lowest BCUT2D eigenvalue weighted by Crippen LogP contribution is -2.55. The zero-order valence-corrected chi connectivity index (χ0v) is 40.4. The summed E-state index contributed by atoms with van der Waals surface area (Å²) >= 11 is 0. The van der Waals surface area contributed by atoms with Gasteiger partial charge in [-0.05, 0) is 107 Å². The maximum Gasteiger partial charge on any atom is 0.255 e. The van der Waals surface area contributed by atoms with Gasteiger partial charge in [-0.25, -0.2) is 4.98 Å². The number of nitrogens with zero attached hydrogens (tertiary/aromatic N) is 7. The van der Waals surface area contributed by atoms with Gasteiger partial charge in [0, 0.05) is 94.0 Å². The fourth-order valence-corrected chi connectivity index (χ4v) is 11.3. The van der Waals surface area contributed by atoms with E-state index in [9.17, 15) is 24.0 Å². The molecule has 2 saturated carbocycles. The highest BCUT2D eigenvalue weighted by atomic mass is 16.5. The van der Waals surface area contributed by atoms with Gasteiger partial charge < -0.3 is 40.3 Å². The Morgan fingerprint density at radius 1 is 0.942 bits per heavy atom. The van der Waals surface area contributed by atoms with Crippen LogP contribution in [-0.4, -0.2) is 144 Å². The molecule has 2 aliphatic carbocycles. The Balaban J connectivity index is 0.671. The normalized spacial score (nSPS) is 23.3. The molecule has 366 valence electrons. The average Bonchev–Trinajstić information content (AvgIpc) is 4.02. The number of carbonyl (C=O) groups is 5. The van der Waals surface area contributed by atoms with Crippen LogP contribution < -0.4 is 35.8 Å². The van der Waals surface area contributed by atoms with Crippen LogP contribution in [-0.2, 0) is 20.9 Å². The Bertz CT molecular complexity index is 2470. The van der Waals surface area contributed by atoms with Crippen molar-refractivity contribution < 1.29 is 28.7 Å². The zero-order chi connectivity index (χ0) is 48.0. The highest BCUT2D eigenvalue weighted by Crippen LogP contribution is 2.41. The highest BCUT2D eigenvalue weighted by Gasteiger charge is 2.42. The summed E-state index contributed by atoms with van der Waals surface area (Å²) in [6.07, 6.45) is 13.2. The number of piperidine rings is 1. The maximum absolute atomic E-state index is 13.5. The van der Waals surface area contributed by atoms with Crippen LogP contribution in [0.15, 0.2) is 42.6 Å². The second-order valence-electron chi connectivity index (χ2n) is 19.4. The van der Waals surface area contributed by atoms with Crippen LogP contribution in [0.2, 0.25) is 0 Å². The van der Waals surface area contributed by atoms with Gasteiger partial charge in [0.2, 0.25) is 23.7 Å². The minimum Gasteiger partial charge on any atom is -0.495 e. The molecule has 2 aromatic carbocycles. The van der Waals surface area contributed by atoms with Gasteiger partial charge in [0.25, 0.3) is 11.8 Å². The molecule has 0 bridgehead atoms. The van der Waals surface area contributed by atoms with E-state index >= 15 is 0 Å². The smallest absolute Gasteiger partial charge is 0.255 e. The molecule has 4 aliphatic heterocycles. The summed E-state index contributed by atoms with van der Waals surface area (Å²) in [4.78, 5) is 84.3. The molecule has 2 atom stereocenters. The van der Waals surface area contributed by atoms with E-state index in [0.717, 1.165) is 121 Å². The molecular formula is C52H67N11O6. The standard InChI is InChI=1S/C52H67N11O6/c1-4-42-51(68)59(2)44-32-54-52(58-47(44)63(42)38-13-5-6-14-38)56-41-21-16-35(31-45(41)69-3)48(65)55-36-17-19-37(20-18-36)61-29-27-60(28-30-61)26-10-25-53-24-8-7-11-34-12-9-15-39-40(34)33-62(50(39)67)43-22-23-46(64)57-49(43)66/h9,12,15-16,21,31-32,36-38,42-43,53H,4-6,8,10,13-14,17-20,22-30,33H2,1-3H3,(H,55,65)(H,54,56,58)(H,57,64,66)/t36?,37?,42-,43+/m1/s1. The first-order valence-electron chi connectivity index (χ1n) is 25.2. The molecule has 0 unspecified atom stereocenters. The molecule has 0 spiro atoms. The number of aromatic nitrogens is 2. The van der Waals surface area contributed by atoms with Gasteiger partial charge in [-0.1, -0.05) is 37.7 Å². The number of fused-ring (bicyclic) bond motifs is 2. The lowest BCUT2D eigenvalue weighted by Gasteiger charge is -2.43. The monoisotopic (exact) mass is 942 g/mol. The Hall–Kier alpha value is -6.09. The number of anilines is 4. The third kappa shape index (κ3) is 10.6.